The molecule has 1 aromatic carbocycles. The number of H-pyrrole nitrogens is 1. The number of nitrogens with zero attached hydrogens (tertiary/aromatic N) is 3. The van der Waals surface area contributed by atoms with Crippen LogP contribution in [0.4, 0.5) is 5.69 Å². The van der Waals surface area contributed by atoms with E-state index in [9.17, 15) is 4.79 Å². The first-order valence-corrected chi connectivity index (χ1v) is 7.95. The summed E-state index contributed by atoms with van der Waals surface area (Å²) in [5.41, 5.74) is 1.80. The summed E-state index contributed by atoms with van der Waals surface area (Å²) >= 11 is 7.11. The molecule has 0 unspecified atom stereocenters. The van der Waals surface area contributed by atoms with Crippen molar-refractivity contribution < 1.29 is 9.53 Å². The zero-order valence-corrected chi connectivity index (χ0v) is 13.6. The van der Waals surface area contributed by atoms with Crippen molar-refractivity contribution >= 4 is 46.1 Å². The Labute approximate surface area is 140 Å². The number of halogens is 1. The minimum absolute atomic E-state index is 0.0975. The Morgan fingerprint density at radius 3 is 3.13 bits per heavy atom. The molecule has 3 aromatic rings. The maximum Gasteiger partial charge on any atom is 0.234 e. The lowest BCUT2D eigenvalue weighted by molar-refractivity contribution is -0.113. The Balaban J connectivity index is 1.67. The Hall–Kier alpha value is -2.32. The van der Waals surface area contributed by atoms with E-state index in [4.69, 9.17) is 16.3 Å². The molecule has 2 aromatic heterocycles. The van der Waals surface area contributed by atoms with Crippen molar-refractivity contribution in [2.45, 2.75) is 5.03 Å². The Morgan fingerprint density at radius 1 is 1.43 bits per heavy atom. The Kier molecular flexibility index (Phi) is 4.63. The number of fused-ring (bicyclic) bond motifs is 1. The van der Waals surface area contributed by atoms with E-state index in [2.05, 4.69) is 25.3 Å². The number of methoxy groups -OCH3 is 1. The van der Waals surface area contributed by atoms with Crippen LogP contribution >= 0.6 is 23.4 Å². The highest BCUT2D eigenvalue weighted by Crippen LogP contribution is 2.24. The van der Waals surface area contributed by atoms with Crippen LogP contribution in [0.1, 0.15) is 0 Å². The first-order valence-electron chi connectivity index (χ1n) is 6.59. The van der Waals surface area contributed by atoms with Crippen LogP contribution in [0, 0.1) is 0 Å². The normalized spacial score (nSPS) is 10.7. The SMILES string of the molecule is COc1cccc(NC(=O)CSc2nc(Cl)nc3nc[nH]c23)c1. The molecular formula is C14H12ClN5O2S. The number of aromatic nitrogens is 4. The van der Waals surface area contributed by atoms with Gasteiger partial charge in [0.1, 0.15) is 16.3 Å². The van der Waals surface area contributed by atoms with Gasteiger partial charge < -0.3 is 15.0 Å². The van der Waals surface area contributed by atoms with Gasteiger partial charge in [0, 0.05) is 11.8 Å². The summed E-state index contributed by atoms with van der Waals surface area (Å²) in [6.45, 7) is 0. The maximum atomic E-state index is 12.1. The number of benzene rings is 1. The van der Waals surface area contributed by atoms with Gasteiger partial charge in [-0.15, -0.1) is 0 Å². The number of carbonyl (C=O) groups is 1. The van der Waals surface area contributed by atoms with Gasteiger partial charge >= 0.3 is 0 Å². The van der Waals surface area contributed by atoms with Crippen LogP contribution in [0.25, 0.3) is 11.2 Å². The Bertz CT molecular complexity index is 854. The molecule has 0 fully saturated rings. The maximum absolute atomic E-state index is 12.1. The fraction of sp³-hybridized carbons (Fsp3) is 0.143. The molecule has 7 nitrogen and oxygen atoms in total. The quantitative estimate of drug-likeness (QED) is 0.418. The van der Waals surface area contributed by atoms with Crippen LogP contribution < -0.4 is 10.1 Å². The molecule has 0 saturated carbocycles. The number of hydrogen-bond acceptors (Lipinski definition) is 6. The molecule has 0 spiro atoms. The average molecular weight is 350 g/mol. The number of nitrogens with one attached hydrogen (secondary N) is 2. The predicted octanol–water partition coefficient (Wildman–Crippen LogP) is 2.75. The zero-order chi connectivity index (χ0) is 16.2. The summed E-state index contributed by atoms with van der Waals surface area (Å²) in [4.78, 5) is 27.2. The lowest BCUT2D eigenvalue weighted by Gasteiger charge is -2.07. The number of aromatic amines is 1. The van der Waals surface area contributed by atoms with Gasteiger partial charge in [0.2, 0.25) is 11.2 Å². The van der Waals surface area contributed by atoms with Crippen LogP contribution in [0.2, 0.25) is 5.28 Å². The van der Waals surface area contributed by atoms with Crippen LogP contribution in [-0.2, 0) is 4.79 Å². The van der Waals surface area contributed by atoms with Crippen molar-refractivity contribution in [2.75, 3.05) is 18.2 Å². The van der Waals surface area contributed by atoms with Crippen molar-refractivity contribution in [3.63, 3.8) is 0 Å². The zero-order valence-electron chi connectivity index (χ0n) is 12.0. The fourth-order valence-corrected chi connectivity index (χ4v) is 2.92. The highest BCUT2D eigenvalue weighted by molar-refractivity contribution is 8.00. The highest BCUT2D eigenvalue weighted by atomic mass is 35.5. The first kappa shape index (κ1) is 15.6. The highest BCUT2D eigenvalue weighted by Gasteiger charge is 2.12. The van der Waals surface area contributed by atoms with E-state index in [-0.39, 0.29) is 16.9 Å². The third-order valence-corrected chi connectivity index (χ3v) is 4.06. The third-order valence-electron chi connectivity index (χ3n) is 2.92. The van der Waals surface area contributed by atoms with Gasteiger partial charge in [-0.3, -0.25) is 4.79 Å². The largest absolute Gasteiger partial charge is 0.497 e. The number of thioether (sulfide) groups is 1. The van der Waals surface area contributed by atoms with Gasteiger partial charge in [0.05, 0.1) is 19.2 Å². The summed E-state index contributed by atoms with van der Waals surface area (Å²) in [6.07, 6.45) is 1.51. The van der Waals surface area contributed by atoms with Crippen molar-refractivity contribution in [3.05, 3.63) is 35.9 Å². The van der Waals surface area contributed by atoms with Gasteiger partial charge in [-0.05, 0) is 23.7 Å². The molecule has 3 rings (SSSR count). The molecule has 0 saturated heterocycles. The number of amides is 1. The second-order valence-corrected chi connectivity index (χ2v) is 5.77. The van der Waals surface area contributed by atoms with Crippen molar-refractivity contribution in [2.24, 2.45) is 0 Å². The average Bonchev–Trinajstić information content (AvgIpc) is 3.01. The lowest BCUT2D eigenvalue weighted by Crippen LogP contribution is -2.14. The number of ether oxygens (including phenoxy) is 1. The van der Waals surface area contributed by atoms with Crippen molar-refractivity contribution in [3.8, 4) is 5.75 Å². The van der Waals surface area contributed by atoms with E-state index in [1.807, 2.05) is 6.07 Å². The minimum Gasteiger partial charge on any atom is -0.497 e. The van der Waals surface area contributed by atoms with Crippen molar-refractivity contribution in [1.82, 2.24) is 19.9 Å². The fourth-order valence-electron chi connectivity index (χ4n) is 1.92. The summed E-state index contributed by atoms with van der Waals surface area (Å²) in [7, 11) is 1.57. The molecule has 0 aliphatic rings. The minimum atomic E-state index is -0.161. The molecule has 0 atom stereocenters. The lowest BCUT2D eigenvalue weighted by atomic mass is 10.3. The summed E-state index contributed by atoms with van der Waals surface area (Å²) in [5.74, 6) is 0.696. The molecule has 0 radical (unpaired) electrons. The van der Waals surface area contributed by atoms with E-state index < -0.39 is 0 Å². The molecule has 0 aliphatic heterocycles. The van der Waals surface area contributed by atoms with Crippen LogP contribution in [0.15, 0.2) is 35.6 Å². The number of anilines is 1. The van der Waals surface area contributed by atoms with Gasteiger partial charge in [0.25, 0.3) is 0 Å². The molecular weight excluding hydrogens is 338 g/mol. The van der Waals surface area contributed by atoms with Gasteiger partial charge in [-0.25, -0.2) is 9.97 Å². The van der Waals surface area contributed by atoms with Gasteiger partial charge in [-0.2, -0.15) is 4.98 Å². The molecule has 23 heavy (non-hydrogen) atoms. The van der Waals surface area contributed by atoms with Crippen molar-refractivity contribution in [1.29, 1.82) is 0 Å². The number of hydrogen-bond donors (Lipinski definition) is 2. The second kappa shape index (κ2) is 6.84. The van der Waals surface area contributed by atoms with E-state index >= 15 is 0 Å². The summed E-state index contributed by atoms with van der Waals surface area (Å²) < 4.78 is 5.12. The topological polar surface area (TPSA) is 92.8 Å². The molecule has 118 valence electrons. The monoisotopic (exact) mass is 349 g/mol. The van der Waals surface area contributed by atoms with Crippen LogP contribution in [0.3, 0.4) is 0 Å². The summed E-state index contributed by atoms with van der Waals surface area (Å²) in [6, 6.07) is 7.15. The molecule has 1 amide bonds. The van der Waals surface area contributed by atoms with Crippen LogP contribution in [0.5, 0.6) is 5.75 Å². The molecule has 2 N–H and O–H groups in total. The van der Waals surface area contributed by atoms with Crippen LogP contribution in [-0.4, -0.2) is 38.7 Å². The van der Waals surface area contributed by atoms with Gasteiger partial charge in [-0.1, -0.05) is 17.8 Å². The molecule has 2 heterocycles. The van der Waals surface area contributed by atoms with E-state index in [1.54, 1.807) is 25.3 Å². The van der Waals surface area contributed by atoms with E-state index in [0.29, 0.717) is 27.6 Å². The van der Waals surface area contributed by atoms with Gasteiger partial charge in [0.15, 0.2) is 5.65 Å². The molecule has 9 heteroatoms. The molecule has 0 aliphatic carbocycles. The van der Waals surface area contributed by atoms with E-state index in [0.717, 1.165) is 0 Å². The smallest absolute Gasteiger partial charge is 0.234 e. The number of imidazole rings is 1. The standard InChI is InChI=1S/C14H12ClN5O2S/c1-22-9-4-2-3-8(5-9)18-10(21)6-23-13-11-12(17-7-16-11)19-14(15)20-13/h2-5,7H,6H2,1H3,(H,18,21)(H,16,17,19,20). The number of rotatable bonds is 5. The number of carbonyl (C=O) groups excluding carboxylic acids is 1. The Morgan fingerprint density at radius 2 is 2.30 bits per heavy atom. The second-order valence-electron chi connectivity index (χ2n) is 4.47. The van der Waals surface area contributed by atoms with E-state index in [1.165, 1.54) is 18.1 Å². The first-order chi connectivity index (χ1) is 11.2. The third kappa shape index (κ3) is 3.72. The summed E-state index contributed by atoms with van der Waals surface area (Å²) in [5, 5.41) is 3.48. The predicted molar refractivity (Wildman–Crippen MR) is 89.0 cm³/mol. The molecule has 0 bridgehead atoms.